The number of rotatable bonds is 2. The molecule has 0 aromatic heterocycles. The van der Waals surface area contributed by atoms with Crippen molar-refractivity contribution in [2.75, 3.05) is 13.2 Å². The van der Waals surface area contributed by atoms with Crippen molar-refractivity contribution < 1.29 is 18.7 Å². The van der Waals surface area contributed by atoms with E-state index in [4.69, 9.17) is 9.05 Å². The van der Waals surface area contributed by atoms with Crippen molar-refractivity contribution in [3.63, 3.8) is 0 Å². The number of hydrogen-bond donors (Lipinski definition) is 1. The summed E-state index contributed by atoms with van der Waals surface area (Å²) in [5.41, 5.74) is 1.55. The highest BCUT2D eigenvalue weighted by molar-refractivity contribution is 8.03. The van der Waals surface area contributed by atoms with E-state index < -0.39 is 13.7 Å². The first-order chi connectivity index (χ1) is 12.9. The maximum absolute atomic E-state index is 13.7. The van der Waals surface area contributed by atoms with Gasteiger partial charge in [-0.05, 0) is 17.2 Å². The van der Waals surface area contributed by atoms with Crippen LogP contribution in [0.25, 0.3) is 5.31 Å². The largest absolute Gasteiger partial charge is 0.388 e. The molecule has 6 heteroatoms. The van der Waals surface area contributed by atoms with Crippen LogP contribution in [0.4, 0.5) is 0 Å². The van der Waals surface area contributed by atoms with Gasteiger partial charge in [-0.1, -0.05) is 74.1 Å². The molecule has 2 aliphatic heterocycles. The Balaban J connectivity index is 1.83. The normalized spacial score (nSPS) is 25.5. The summed E-state index contributed by atoms with van der Waals surface area (Å²) in [4.78, 5) is 1.82. The molecule has 2 heterocycles. The van der Waals surface area contributed by atoms with Gasteiger partial charge in [0.1, 0.15) is 0 Å². The number of fused-ring (bicyclic) bond motifs is 1. The van der Waals surface area contributed by atoms with Crippen LogP contribution in [0.15, 0.2) is 64.4 Å². The van der Waals surface area contributed by atoms with Crippen LogP contribution in [0.2, 0.25) is 0 Å². The van der Waals surface area contributed by atoms with E-state index in [0.717, 1.165) is 20.9 Å². The molecule has 1 N–H and O–H groups in total. The molecule has 1 unspecified atom stereocenters. The lowest BCUT2D eigenvalue weighted by Gasteiger charge is -2.36. The minimum Gasteiger partial charge on any atom is -0.388 e. The van der Waals surface area contributed by atoms with Gasteiger partial charge in [0.2, 0.25) is 0 Å². The van der Waals surface area contributed by atoms with Crippen molar-refractivity contribution in [1.82, 2.24) is 0 Å². The second-order valence-electron chi connectivity index (χ2n) is 7.71. The summed E-state index contributed by atoms with van der Waals surface area (Å²) in [5, 5.41) is 11.3. The van der Waals surface area contributed by atoms with Gasteiger partial charge in [0.15, 0.2) is 0 Å². The van der Waals surface area contributed by atoms with E-state index in [1.165, 1.54) is 0 Å². The van der Waals surface area contributed by atoms with Gasteiger partial charge in [0, 0.05) is 21.6 Å². The molecular weight excluding hydrogens is 379 g/mol. The highest BCUT2D eigenvalue weighted by Crippen LogP contribution is 2.67. The lowest BCUT2D eigenvalue weighted by Crippen LogP contribution is -2.29. The summed E-state index contributed by atoms with van der Waals surface area (Å²) < 4.78 is 25.5. The van der Waals surface area contributed by atoms with E-state index in [1.54, 1.807) is 11.8 Å². The zero-order valence-electron chi connectivity index (χ0n) is 15.4. The quantitative estimate of drug-likeness (QED) is 0.639. The van der Waals surface area contributed by atoms with Crippen molar-refractivity contribution in [3.8, 4) is 0 Å². The maximum Gasteiger partial charge on any atom is 0.362 e. The van der Waals surface area contributed by atoms with Crippen LogP contribution in [0, 0.1) is 5.41 Å². The van der Waals surface area contributed by atoms with E-state index in [2.05, 4.69) is 0 Å². The fourth-order valence-electron chi connectivity index (χ4n) is 3.25. The van der Waals surface area contributed by atoms with E-state index in [0.29, 0.717) is 24.9 Å². The van der Waals surface area contributed by atoms with Crippen molar-refractivity contribution >= 4 is 24.7 Å². The van der Waals surface area contributed by atoms with Crippen LogP contribution in [0.3, 0.4) is 0 Å². The molecule has 0 bridgehead atoms. The lowest BCUT2D eigenvalue weighted by atomic mass is 9.97. The second kappa shape index (κ2) is 7.23. The molecule has 2 aromatic carbocycles. The first-order valence-electron chi connectivity index (χ1n) is 9.01. The van der Waals surface area contributed by atoms with Gasteiger partial charge in [-0.2, -0.15) is 0 Å². The van der Waals surface area contributed by atoms with Crippen LogP contribution >= 0.6 is 19.4 Å². The zero-order chi connectivity index (χ0) is 19.1. The van der Waals surface area contributed by atoms with Gasteiger partial charge in [0.05, 0.1) is 24.6 Å². The average molecular weight is 402 g/mol. The van der Waals surface area contributed by atoms with Crippen LogP contribution < -0.4 is 0 Å². The zero-order valence-corrected chi connectivity index (χ0v) is 17.1. The molecule has 0 radical (unpaired) electrons. The van der Waals surface area contributed by atoms with Crippen LogP contribution in [-0.4, -0.2) is 18.3 Å². The van der Waals surface area contributed by atoms with Crippen molar-refractivity contribution in [2.24, 2.45) is 5.41 Å². The molecule has 0 amide bonds. The number of aliphatic hydroxyl groups is 1. The predicted molar refractivity (Wildman–Crippen MR) is 109 cm³/mol. The van der Waals surface area contributed by atoms with Crippen LogP contribution in [0.5, 0.6) is 0 Å². The summed E-state index contributed by atoms with van der Waals surface area (Å²) in [5.74, 6) is 0. The fraction of sp³-hybridized carbons (Fsp3) is 0.333. The number of benzene rings is 2. The molecule has 0 aliphatic carbocycles. The summed E-state index contributed by atoms with van der Waals surface area (Å²) >= 11 is 1.54. The number of aliphatic hydroxyl groups excluding tert-OH is 1. The average Bonchev–Trinajstić information content (AvgIpc) is 2.66. The molecule has 1 fully saturated rings. The van der Waals surface area contributed by atoms with Crippen molar-refractivity contribution in [2.45, 2.75) is 31.3 Å². The highest BCUT2D eigenvalue weighted by Gasteiger charge is 2.42. The Kier molecular flexibility index (Phi) is 5.08. The van der Waals surface area contributed by atoms with E-state index in [-0.39, 0.29) is 5.41 Å². The summed E-state index contributed by atoms with van der Waals surface area (Å²) in [6, 6.07) is 17.4. The molecule has 4 rings (SSSR count). The molecular formula is C21H23O4PS. The molecule has 2 aliphatic rings. The van der Waals surface area contributed by atoms with Gasteiger partial charge < -0.3 is 14.2 Å². The number of hydrogen-bond acceptors (Lipinski definition) is 5. The van der Waals surface area contributed by atoms with Gasteiger partial charge in [-0.3, -0.25) is 4.57 Å². The minimum absolute atomic E-state index is 0.174. The monoisotopic (exact) mass is 402 g/mol. The summed E-state index contributed by atoms with van der Waals surface area (Å²) in [6.07, 6.45) is -0.240. The highest BCUT2D eigenvalue weighted by atomic mass is 32.2. The smallest absolute Gasteiger partial charge is 0.362 e. The van der Waals surface area contributed by atoms with Gasteiger partial charge in [-0.25, -0.2) is 0 Å². The first kappa shape index (κ1) is 19.0. The van der Waals surface area contributed by atoms with E-state index in [1.807, 2.05) is 68.4 Å². The van der Waals surface area contributed by atoms with Crippen LogP contribution in [-0.2, 0) is 13.6 Å². The van der Waals surface area contributed by atoms with Gasteiger partial charge in [-0.15, -0.1) is 0 Å². The maximum atomic E-state index is 13.7. The Hall–Kier alpha value is -1.36. The number of thioether (sulfide) groups is 1. The summed E-state index contributed by atoms with van der Waals surface area (Å²) in [6.45, 7) is 4.80. The minimum atomic E-state index is -3.48. The second-order valence-corrected chi connectivity index (χ2v) is 10.8. The third-order valence-corrected chi connectivity index (χ3v) is 8.10. The topological polar surface area (TPSA) is 55.8 Å². The third kappa shape index (κ3) is 3.80. The van der Waals surface area contributed by atoms with Crippen molar-refractivity contribution in [1.29, 1.82) is 0 Å². The van der Waals surface area contributed by atoms with E-state index in [9.17, 15) is 9.67 Å². The van der Waals surface area contributed by atoms with Gasteiger partial charge in [0.25, 0.3) is 0 Å². The van der Waals surface area contributed by atoms with E-state index >= 15 is 0 Å². The Morgan fingerprint density at radius 2 is 1.70 bits per heavy atom. The fourth-order valence-corrected chi connectivity index (χ4v) is 7.14. The summed E-state index contributed by atoms with van der Waals surface area (Å²) in [7, 11) is -3.48. The standard InChI is InChI=1S/C21H23O4PS/c1-21(2)13-24-26(23,25-14-21)20(15-8-4-3-5-9-15)19-12-17(22)16-10-6-7-11-18(16)27-19/h3-11,17,22H,12-14H2,1-2H3/b20-19+. The molecule has 0 spiro atoms. The van der Waals surface area contributed by atoms with Crippen LogP contribution in [0.1, 0.15) is 37.5 Å². The molecule has 27 heavy (non-hydrogen) atoms. The molecule has 1 atom stereocenters. The SMILES string of the molecule is CC1(C)COP(=O)(/C(=C2\CC(O)c3ccccc3S2)c2ccccc2)OC1. The molecule has 142 valence electrons. The molecule has 0 saturated carbocycles. The predicted octanol–water partition coefficient (Wildman–Crippen LogP) is 5.85. The molecule has 4 nitrogen and oxygen atoms in total. The van der Waals surface area contributed by atoms with Crippen molar-refractivity contribution in [3.05, 3.63) is 70.6 Å². The third-order valence-electron chi connectivity index (χ3n) is 4.73. The Bertz CT molecular complexity index is 909. The van der Waals surface area contributed by atoms with Gasteiger partial charge >= 0.3 is 7.60 Å². The first-order valence-corrected chi connectivity index (χ1v) is 11.4. The molecule has 1 saturated heterocycles. The Morgan fingerprint density at radius 3 is 2.41 bits per heavy atom. The Labute approximate surface area is 164 Å². The lowest BCUT2D eigenvalue weighted by molar-refractivity contribution is 0.0467. The molecule has 2 aromatic rings. The Morgan fingerprint density at radius 1 is 1.07 bits per heavy atom.